The predicted octanol–water partition coefficient (Wildman–Crippen LogP) is 7.08. The lowest BCUT2D eigenvalue weighted by Crippen LogP contribution is -2.08. The van der Waals surface area contributed by atoms with Crippen LogP contribution in [0.3, 0.4) is 0 Å². The number of allylic oxidation sites excluding steroid dienone is 4. The molecule has 0 bridgehead atoms. The second-order valence-corrected chi connectivity index (χ2v) is 7.82. The highest BCUT2D eigenvalue weighted by Gasteiger charge is 2.21. The molecule has 4 heteroatoms. The predicted molar refractivity (Wildman–Crippen MR) is 119 cm³/mol. The van der Waals surface area contributed by atoms with Crippen LogP contribution >= 0.6 is 0 Å². The van der Waals surface area contributed by atoms with Gasteiger partial charge in [0.25, 0.3) is 0 Å². The van der Waals surface area contributed by atoms with Crippen molar-refractivity contribution < 1.29 is 13.5 Å². The third-order valence-electron chi connectivity index (χ3n) is 5.67. The molecule has 1 aromatic carbocycles. The first-order valence-electron chi connectivity index (χ1n) is 11.0. The largest absolute Gasteiger partial charge is 0.491 e. The number of benzene rings is 1. The Hall–Kier alpha value is -2.49. The summed E-state index contributed by atoms with van der Waals surface area (Å²) in [5, 5.41) is 0. The zero-order valence-electron chi connectivity index (χ0n) is 18.0. The molecule has 0 radical (unpaired) electrons. The Bertz CT molecular complexity index is 887. The maximum atomic E-state index is 14.5. The van der Waals surface area contributed by atoms with Crippen molar-refractivity contribution in [1.29, 1.82) is 0 Å². The first-order valence-corrected chi connectivity index (χ1v) is 11.0. The van der Waals surface area contributed by atoms with E-state index in [1.54, 1.807) is 13.0 Å². The first-order chi connectivity index (χ1) is 14.6. The van der Waals surface area contributed by atoms with Crippen LogP contribution in [0.5, 0.6) is 5.75 Å². The Morgan fingerprint density at radius 3 is 2.63 bits per heavy atom. The number of ether oxygens (including phenoxy) is 1. The van der Waals surface area contributed by atoms with Gasteiger partial charge in [-0.3, -0.25) is 4.98 Å². The first kappa shape index (κ1) is 22.2. The van der Waals surface area contributed by atoms with Crippen LogP contribution in [0, 0.1) is 17.6 Å². The smallest absolute Gasteiger partial charge is 0.201 e. The zero-order valence-corrected chi connectivity index (χ0v) is 18.0. The Morgan fingerprint density at radius 1 is 1.10 bits per heavy atom. The summed E-state index contributed by atoms with van der Waals surface area (Å²) in [6.45, 7) is 4.20. The van der Waals surface area contributed by atoms with E-state index in [4.69, 9.17) is 4.74 Å². The quantitative estimate of drug-likeness (QED) is 0.411. The van der Waals surface area contributed by atoms with Crippen molar-refractivity contribution in [3.8, 4) is 5.75 Å². The molecule has 2 aromatic rings. The van der Waals surface area contributed by atoms with Gasteiger partial charge in [-0.25, -0.2) is 4.39 Å². The Morgan fingerprint density at radius 2 is 1.97 bits per heavy atom. The van der Waals surface area contributed by atoms with E-state index in [0.717, 1.165) is 56.2 Å². The van der Waals surface area contributed by atoms with Gasteiger partial charge in [0.05, 0.1) is 6.61 Å². The summed E-state index contributed by atoms with van der Waals surface area (Å²) in [4.78, 5) is 4.55. The lowest BCUT2D eigenvalue weighted by Gasteiger charge is -2.22. The number of halogens is 2. The van der Waals surface area contributed by atoms with Gasteiger partial charge < -0.3 is 4.74 Å². The van der Waals surface area contributed by atoms with Gasteiger partial charge in [-0.2, -0.15) is 4.39 Å². The van der Waals surface area contributed by atoms with Crippen LogP contribution in [0.4, 0.5) is 8.78 Å². The molecule has 1 aromatic heterocycles. The van der Waals surface area contributed by atoms with Crippen molar-refractivity contribution in [2.45, 2.75) is 58.8 Å². The van der Waals surface area contributed by atoms with E-state index in [0.29, 0.717) is 18.1 Å². The molecule has 1 unspecified atom stereocenters. The molecule has 0 saturated heterocycles. The number of aromatic nitrogens is 1. The summed E-state index contributed by atoms with van der Waals surface area (Å²) in [5.41, 5.74) is 3.62. The Labute approximate surface area is 178 Å². The van der Waals surface area contributed by atoms with Gasteiger partial charge in [0.15, 0.2) is 11.6 Å². The van der Waals surface area contributed by atoms with E-state index in [-0.39, 0.29) is 5.75 Å². The van der Waals surface area contributed by atoms with Crippen LogP contribution in [0.1, 0.15) is 62.8 Å². The van der Waals surface area contributed by atoms with Crippen LogP contribution in [-0.2, 0) is 12.8 Å². The molecule has 1 heterocycles. The molecule has 160 valence electrons. The lowest BCUT2D eigenvalue weighted by atomic mass is 9.83. The number of pyridine rings is 1. The lowest BCUT2D eigenvalue weighted by molar-refractivity contribution is 0.314. The minimum Gasteiger partial charge on any atom is -0.491 e. The van der Waals surface area contributed by atoms with Crippen LogP contribution in [0.25, 0.3) is 5.57 Å². The van der Waals surface area contributed by atoms with Crippen molar-refractivity contribution in [2.24, 2.45) is 5.92 Å². The van der Waals surface area contributed by atoms with Gasteiger partial charge in [0.1, 0.15) is 0 Å². The SMILES string of the molecule is CCC=CCc1ccc(CCC2CC=C(c3ccc(OCC)c(F)c3F)CC2)cn1. The molecule has 2 nitrogen and oxygen atoms in total. The molecular weight excluding hydrogens is 380 g/mol. The molecule has 3 rings (SSSR count). The summed E-state index contributed by atoms with van der Waals surface area (Å²) in [7, 11) is 0. The van der Waals surface area contributed by atoms with Crippen molar-refractivity contribution in [1.82, 2.24) is 4.98 Å². The van der Waals surface area contributed by atoms with Crippen LogP contribution in [0.15, 0.2) is 48.7 Å². The van der Waals surface area contributed by atoms with Gasteiger partial charge >= 0.3 is 0 Å². The zero-order chi connectivity index (χ0) is 21.3. The summed E-state index contributed by atoms with van der Waals surface area (Å²) < 4.78 is 33.8. The molecule has 0 aliphatic heterocycles. The highest BCUT2D eigenvalue weighted by Crippen LogP contribution is 2.35. The normalized spacial score (nSPS) is 16.7. The fourth-order valence-electron chi connectivity index (χ4n) is 3.91. The number of rotatable bonds is 9. The monoisotopic (exact) mass is 411 g/mol. The van der Waals surface area contributed by atoms with Crippen LogP contribution in [0.2, 0.25) is 0 Å². The van der Waals surface area contributed by atoms with Crippen molar-refractivity contribution in [3.05, 3.63) is 77.1 Å². The van der Waals surface area contributed by atoms with E-state index in [1.807, 2.05) is 6.20 Å². The third-order valence-corrected chi connectivity index (χ3v) is 5.67. The highest BCUT2D eigenvalue weighted by atomic mass is 19.2. The molecule has 0 N–H and O–H groups in total. The van der Waals surface area contributed by atoms with E-state index in [2.05, 4.69) is 42.3 Å². The molecule has 0 amide bonds. The van der Waals surface area contributed by atoms with Gasteiger partial charge in [-0.15, -0.1) is 0 Å². The fourth-order valence-corrected chi connectivity index (χ4v) is 3.91. The topological polar surface area (TPSA) is 22.1 Å². The Kier molecular flexibility index (Phi) is 8.18. The molecular formula is C26H31F2NO. The molecule has 1 aliphatic carbocycles. The van der Waals surface area contributed by atoms with E-state index in [1.165, 1.54) is 11.6 Å². The minimum atomic E-state index is -0.890. The van der Waals surface area contributed by atoms with Gasteiger partial charge in [-0.05, 0) is 80.7 Å². The maximum absolute atomic E-state index is 14.5. The van der Waals surface area contributed by atoms with E-state index < -0.39 is 11.6 Å². The second-order valence-electron chi connectivity index (χ2n) is 7.82. The number of aryl methyl sites for hydroxylation is 1. The molecule has 0 spiro atoms. The number of hydrogen-bond donors (Lipinski definition) is 0. The maximum Gasteiger partial charge on any atom is 0.201 e. The standard InChI is InChI=1S/C26H31F2NO/c1-3-5-6-7-22-15-12-20(18-29-22)9-8-19-10-13-21(14-11-19)23-16-17-24(30-4-2)26(28)25(23)27/h5-6,12-13,15-19H,3-4,7-11,14H2,1-2H3. The average Bonchev–Trinajstić information content (AvgIpc) is 2.77. The van der Waals surface area contributed by atoms with E-state index >= 15 is 0 Å². The molecule has 1 aliphatic rings. The average molecular weight is 412 g/mol. The summed E-state index contributed by atoms with van der Waals surface area (Å²) in [5.74, 6) is -1.14. The van der Waals surface area contributed by atoms with Crippen molar-refractivity contribution in [3.63, 3.8) is 0 Å². The number of nitrogens with zero attached hydrogens (tertiary/aromatic N) is 1. The van der Waals surface area contributed by atoms with Crippen LogP contribution in [-0.4, -0.2) is 11.6 Å². The molecule has 0 fully saturated rings. The number of hydrogen-bond acceptors (Lipinski definition) is 2. The molecule has 0 saturated carbocycles. The summed E-state index contributed by atoms with van der Waals surface area (Å²) >= 11 is 0. The summed E-state index contributed by atoms with van der Waals surface area (Å²) in [6, 6.07) is 7.44. The van der Waals surface area contributed by atoms with Crippen LogP contribution < -0.4 is 4.74 Å². The molecule has 1 atom stereocenters. The van der Waals surface area contributed by atoms with Gasteiger partial charge in [0.2, 0.25) is 5.82 Å². The third kappa shape index (κ3) is 5.78. The van der Waals surface area contributed by atoms with Gasteiger partial charge in [0, 0.05) is 23.9 Å². The van der Waals surface area contributed by atoms with Crippen molar-refractivity contribution >= 4 is 5.57 Å². The van der Waals surface area contributed by atoms with Crippen molar-refractivity contribution in [2.75, 3.05) is 6.61 Å². The minimum absolute atomic E-state index is 0.0194. The second kappa shape index (κ2) is 11.1. The van der Waals surface area contributed by atoms with E-state index in [9.17, 15) is 8.78 Å². The van der Waals surface area contributed by atoms with Gasteiger partial charge in [-0.1, -0.05) is 31.2 Å². The molecule has 30 heavy (non-hydrogen) atoms. The summed E-state index contributed by atoms with van der Waals surface area (Å²) in [6.07, 6.45) is 15.1. The highest BCUT2D eigenvalue weighted by molar-refractivity contribution is 5.67. The fraction of sp³-hybridized carbons (Fsp3) is 0.423. The Balaban J connectivity index is 1.54.